The van der Waals surface area contributed by atoms with Crippen LogP contribution in [-0.4, -0.2) is 49.9 Å². The van der Waals surface area contributed by atoms with Gasteiger partial charge >= 0.3 is 0 Å². The molecule has 0 aliphatic carbocycles. The summed E-state index contributed by atoms with van der Waals surface area (Å²) in [7, 11) is -3.53. The fraction of sp³-hybridized carbons (Fsp3) is 0.360. The molecule has 2 aromatic carbocycles. The van der Waals surface area contributed by atoms with Crippen LogP contribution >= 0.6 is 11.3 Å². The van der Waals surface area contributed by atoms with E-state index >= 15 is 0 Å². The van der Waals surface area contributed by atoms with E-state index in [0.717, 1.165) is 33.3 Å². The summed E-state index contributed by atoms with van der Waals surface area (Å²) in [5.41, 5.74) is 3.38. The molecule has 0 fully saturated rings. The van der Waals surface area contributed by atoms with Gasteiger partial charge < -0.3 is 9.64 Å². The van der Waals surface area contributed by atoms with Gasteiger partial charge in [-0.15, -0.1) is 11.3 Å². The molecular formula is C25H29N3O4S2. The molecule has 2 heterocycles. The number of hydrogen-bond acceptors (Lipinski definition) is 6. The lowest BCUT2D eigenvalue weighted by Crippen LogP contribution is -2.31. The van der Waals surface area contributed by atoms with E-state index in [-0.39, 0.29) is 17.2 Å². The van der Waals surface area contributed by atoms with Crippen LogP contribution in [0.2, 0.25) is 0 Å². The standard InChI is InChI=1S/C25H29N3O4S2/c1-4-27(5-2)34(30,31)22-11-12-23-19(15-22)13-14-28(23)24(29)16-20-17-33-25(26-20)18-7-9-21(10-8-18)32-6-3/h7-12,15,17H,4-6,13-14,16H2,1-3H3. The van der Waals surface area contributed by atoms with E-state index in [4.69, 9.17) is 4.74 Å². The number of hydrogen-bond donors (Lipinski definition) is 0. The van der Waals surface area contributed by atoms with E-state index in [1.807, 2.05) is 50.4 Å². The largest absolute Gasteiger partial charge is 0.494 e. The molecular weight excluding hydrogens is 470 g/mol. The second-order valence-electron chi connectivity index (χ2n) is 7.95. The van der Waals surface area contributed by atoms with Gasteiger partial charge in [0.25, 0.3) is 0 Å². The average Bonchev–Trinajstić information content (AvgIpc) is 3.47. The number of carbonyl (C=O) groups is 1. The Morgan fingerprint density at radius 2 is 1.85 bits per heavy atom. The van der Waals surface area contributed by atoms with Crippen LogP contribution in [0, 0.1) is 0 Å². The maximum atomic E-state index is 13.1. The molecule has 0 bridgehead atoms. The number of sulfonamides is 1. The summed E-state index contributed by atoms with van der Waals surface area (Å²) in [4.78, 5) is 19.7. The quantitative estimate of drug-likeness (QED) is 0.437. The Labute approximate surface area is 205 Å². The summed E-state index contributed by atoms with van der Waals surface area (Å²) in [5, 5.41) is 2.78. The lowest BCUT2D eigenvalue weighted by molar-refractivity contribution is -0.117. The summed E-state index contributed by atoms with van der Waals surface area (Å²) < 4.78 is 32.6. The van der Waals surface area contributed by atoms with Crippen molar-refractivity contribution in [2.75, 3.05) is 31.1 Å². The van der Waals surface area contributed by atoms with Gasteiger partial charge in [-0.05, 0) is 61.4 Å². The zero-order valence-corrected chi connectivity index (χ0v) is 21.3. The summed E-state index contributed by atoms with van der Waals surface area (Å²) in [6, 6.07) is 12.8. The molecule has 0 unspecified atom stereocenters. The Morgan fingerprint density at radius 1 is 1.12 bits per heavy atom. The maximum Gasteiger partial charge on any atom is 0.243 e. The number of thiazole rings is 1. The highest BCUT2D eigenvalue weighted by molar-refractivity contribution is 7.89. The van der Waals surface area contributed by atoms with Gasteiger partial charge in [-0.3, -0.25) is 4.79 Å². The Bertz CT molecular complexity index is 1270. The molecule has 0 radical (unpaired) electrons. The van der Waals surface area contributed by atoms with Gasteiger partial charge in [0, 0.05) is 36.3 Å². The van der Waals surface area contributed by atoms with Gasteiger partial charge in [0.1, 0.15) is 10.8 Å². The summed E-state index contributed by atoms with van der Waals surface area (Å²) in [6.45, 7) is 7.61. The van der Waals surface area contributed by atoms with Crippen molar-refractivity contribution in [3.63, 3.8) is 0 Å². The molecule has 0 N–H and O–H groups in total. The molecule has 1 amide bonds. The fourth-order valence-electron chi connectivity index (χ4n) is 4.14. The normalized spacial score (nSPS) is 13.4. The number of rotatable bonds is 9. The lowest BCUT2D eigenvalue weighted by Gasteiger charge is -2.20. The van der Waals surface area contributed by atoms with E-state index in [1.165, 1.54) is 15.6 Å². The van der Waals surface area contributed by atoms with Crippen molar-refractivity contribution >= 4 is 33.0 Å². The molecule has 3 aromatic rings. The zero-order chi connectivity index (χ0) is 24.3. The first kappa shape index (κ1) is 24.4. The Balaban J connectivity index is 1.47. The van der Waals surface area contributed by atoms with Gasteiger partial charge in [0.15, 0.2) is 0 Å². The number of anilines is 1. The third-order valence-corrected chi connectivity index (χ3v) is 8.87. The van der Waals surface area contributed by atoms with E-state index in [9.17, 15) is 13.2 Å². The smallest absolute Gasteiger partial charge is 0.243 e. The molecule has 1 aliphatic heterocycles. The van der Waals surface area contributed by atoms with Crippen LogP contribution < -0.4 is 9.64 Å². The highest BCUT2D eigenvalue weighted by atomic mass is 32.2. The molecule has 0 saturated carbocycles. The van der Waals surface area contributed by atoms with Crippen molar-refractivity contribution in [3.05, 3.63) is 59.1 Å². The van der Waals surface area contributed by atoms with Crippen molar-refractivity contribution in [3.8, 4) is 16.3 Å². The molecule has 4 rings (SSSR count). The number of carbonyl (C=O) groups excluding carboxylic acids is 1. The minimum atomic E-state index is -3.53. The highest BCUT2D eigenvalue weighted by Gasteiger charge is 2.28. The average molecular weight is 500 g/mol. The second-order valence-corrected chi connectivity index (χ2v) is 10.7. The monoisotopic (exact) mass is 499 g/mol. The predicted octanol–water partition coefficient (Wildman–Crippen LogP) is 4.37. The van der Waals surface area contributed by atoms with E-state index in [2.05, 4.69) is 4.98 Å². The van der Waals surface area contributed by atoms with Crippen molar-refractivity contribution in [2.24, 2.45) is 0 Å². The van der Waals surface area contributed by atoms with Gasteiger partial charge in [0.2, 0.25) is 15.9 Å². The molecule has 0 atom stereocenters. The molecule has 180 valence electrons. The molecule has 1 aliphatic rings. The number of amides is 1. The molecule has 1 aromatic heterocycles. The van der Waals surface area contributed by atoms with Crippen molar-refractivity contribution < 1.29 is 17.9 Å². The van der Waals surface area contributed by atoms with Crippen molar-refractivity contribution in [2.45, 2.75) is 38.5 Å². The minimum Gasteiger partial charge on any atom is -0.494 e. The van der Waals surface area contributed by atoms with Crippen LogP contribution in [0.25, 0.3) is 10.6 Å². The van der Waals surface area contributed by atoms with Crippen molar-refractivity contribution in [1.82, 2.24) is 9.29 Å². The number of fused-ring (bicyclic) bond motifs is 1. The molecule has 0 spiro atoms. The van der Waals surface area contributed by atoms with Crippen LogP contribution in [0.3, 0.4) is 0 Å². The van der Waals surface area contributed by atoms with Crippen LogP contribution in [0.5, 0.6) is 5.75 Å². The molecule has 7 nitrogen and oxygen atoms in total. The molecule has 0 saturated heterocycles. The van der Waals surface area contributed by atoms with Crippen molar-refractivity contribution in [1.29, 1.82) is 0 Å². The van der Waals surface area contributed by atoms with Gasteiger partial charge in [-0.2, -0.15) is 4.31 Å². The summed E-state index contributed by atoms with van der Waals surface area (Å²) >= 11 is 1.51. The summed E-state index contributed by atoms with van der Waals surface area (Å²) in [5.74, 6) is 0.778. The van der Waals surface area contributed by atoms with Gasteiger partial charge in [-0.25, -0.2) is 13.4 Å². The van der Waals surface area contributed by atoms with E-state index in [0.29, 0.717) is 32.7 Å². The Morgan fingerprint density at radius 3 is 2.53 bits per heavy atom. The third kappa shape index (κ3) is 4.87. The first-order valence-corrected chi connectivity index (χ1v) is 13.8. The lowest BCUT2D eigenvalue weighted by atomic mass is 10.2. The first-order chi connectivity index (χ1) is 16.4. The minimum absolute atomic E-state index is 0.0401. The maximum absolute atomic E-state index is 13.1. The van der Waals surface area contributed by atoms with Crippen LogP contribution in [0.15, 0.2) is 52.7 Å². The predicted molar refractivity (Wildman–Crippen MR) is 135 cm³/mol. The molecule has 34 heavy (non-hydrogen) atoms. The number of benzene rings is 2. The first-order valence-electron chi connectivity index (χ1n) is 11.5. The van der Waals surface area contributed by atoms with E-state index < -0.39 is 10.0 Å². The fourth-order valence-corrected chi connectivity index (χ4v) is 6.48. The van der Waals surface area contributed by atoms with Crippen LogP contribution in [0.1, 0.15) is 32.0 Å². The SMILES string of the molecule is CCOc1ccc(-c2nc(CC(=O)N3CCc4cc(S(=O)(=O)N(CC)CC)ccc43)cs2)cc1. The zero-order valence-electron chi connectivity index (χ0n) is 19.7. The number of nitrogens with zero attached hydrogens (tertiary/aromatic N) is 3. The Hall–Kier alpha value is -2.75. The second kappa shape index (κ2) is 10.2. The number of aromatic nitrogens is 1. The van der Waals surface area contributed by atoms with Gasteiger partial charge in [-0.1, -0.05) is 13.8 Å². The Kier molecular flexibility index (Phi) is 7.35. The third-order valence-electron chi connectivity index (χ3n) is 5.89. The summed E-state index contributed by atoms with van der Waals surface area (Å²) in [6.07, 6.45) is 0.837. The topological polar surface area (TPSA) is 79.8 Å². The number of ether oxygens (including phenoxy) is 1. The van der Waals surface area contributed by atoms with E-state index in [1.54, 1.807) is 23.1 Å². The highest BCUT2D eigenvalue weighted by Crippen LogP contribution is 2.32. The van der Waals surface area contributed by atoms with Crippen LogP contribution in [-0.2, 0) is 27.7 Å². The van der Waals surface area contributed by atoms with Crippen LogP contribution in [0.4, 0.5) is 5.69 Å². The molecule has 9 heteroatoms. The van der Waals surface area contributed by atoms with Gasteiger partial charge in [0.05, 0.1) is 23.6 Å².